The van der Waals surface area contributed by atoms with Crippen molar-refractivity contribution in [1.29, 1.82) is 0 Å². The number of hydrogen-bond acceptors (Lipinski definition) is 1. The Kier molecular flexibility index (Phi) is 5.58. The molecular weight excluding hydrogens is 414 g/mol. The summed E-state index contributed by atoms with van der Waals surface area (Å²) in [6.45, 7) is 9.35. The first-order chi connectivity index (χ1) is 16.2. The Labute approximate surface area is 202 Å². The van der Waals surface area contributed by atoms with Crippen molar-refractivity contribution >= 4 is 16.5 Å². The average molecular weight is 448 g/mol. The van der Waals surface area contributed by atoms with E-state index < -0.39 is 5.60 Å². The third-order valence-electron chi connectivity index (χ3n) is 7.08. The van der Waals surface area contributed by atoms with Crippen LogP contribution in [0.5, 0.6) is 0 Å². The Balaban J connectivity index is 1.53. The van der Waals surface area contributed by atoms with Crippen LogP contribution in [0.25, 0.3) is 27.6 Å². The summed E-state index contributed by atoms with van der Waals surface area (Å²) < 4.78 is 2.31. The van der Waals surface area contributed by atoms with E-state index in [2.05, 4.69) is 110 Å². The zero-order valence-corrected chi connectivity index (χ0v) is 20.5. The number of aromatic nitrogens is 1. The minimum Gasteiger partial charge on any atom is -0.385 e. The van der Waals surface area contributed by atoms with Crippen LogP contribution in [-0.2, 0) is 12.0 Å². The maximum Gasteiger partial charge on any atom is 0.0882 e. The lowest BCUT2D eigenvalue weighted by molar-refractivity contribution is 0.0590. The van der Waals surface area contributed by atoms with Gasteiger partial charge in [0, 0.05) is 35.1 Å². The van der Waals surface area contributed by atoms with Gasteiger partial charge in [-0.05, 0) is 40.7 Å². The van der Waals surface area contributed by atoms with Crippen molar-refractivity contribution < 1.29 is 5.11 Å². The van der Waals surface area contributed by atoms with Crippen molar-refractivity contribution in [2.24, 2.45) is 5.92 Å². The fourth-order valence-corrected chi connectivity index (χ4v) is 4.87. The van der Waals surface area contributed by atoms with E-state index in [4.69, 9.17) is 0 Å². The number of aliphatic hydroxyl groups is 1. The summed E-state index contributed by atoms with van der Waals surface area (Å²) in [6, 6.07) is 27.9. The number of allylic oxidation sites excluding steroid dienone is 2. The van der Waals surface area contributed by atoms with Gasteiger partial charge in [-0.3, -0.25) is 0 Å². The van der Waals surface area contributed by atoms with E-state index in [0.717, 1.165) is 5.57 Å². The summed E-state index contributed by atoms with van der Waals surface area (Å²) in [5.74, 6) is -0.0420. The lowest BCUT2D eigenvalue weighted by Gasteiger charge is -2.32. The SMILES string of the molecule is CC(C)(C)c1ccc(-c2cn(CC3C=C(c4ccccc4)C=CC3(C)O)c3ccccc23)cc1. The molecule has 1 aliphatic carbocycles. The van der Waals surface area contributed by atoms with Gasteiger partial charge in [-0.2, -0.15) is 0 Å². The van der Waals surface area contributed by atoms with Gasteiger partial charge in [-0.25, -0.2) is 0 Å². The van der Waals surface area contributed by atoms with Gasteiger partial charge in [0.25, 0.3) is 0 Å². The molecule has 4 aromatic rings. The van der Waals surface area contributed by atoms with Gasteiger partial charge < -0.3 is 9.67 Å². The summed E-state index contributed by atoms with van der Waals surface area (Å²) in [7, 11) is 0. The van der Waals surface area contributed by atoms with Gasteiger partial charge in [0.2, 0.25) is 0 Å². The van der Waals surface area contributed by atoms with Crippen molar-refractivity contribution in [2.45, 2.75) is 45.3 Å². The zero-order valence-electron chi connectivity index (χ0n) is 20.5. The Morgan fingerprint density at radius 3 is 2.24 bits per heavy atom. The number of nitrogens with zero attached hydrogens (tertiary/aromatic N) is 1. The fraction of sp³-hybridized carbons (Fsp3) is 0.250. The van der Waals surface area contributed by atoms with Gasteiger partial charge in [-0.15, -0.1) is 0 Å². The molecule has 34 heavy (non-hydrogen) atoms. The van der Waals surface area contributed by atoms with Crippen LogP contribution < -0.4 is 0 Å². The molecule has 172 valence electrons. The summed E-state index contributed by atoms with van der Waals surface area (Å²) in [4.78, 5) is 0. The molecule has 0 radical (unpaired) electrons. The fourth-order valence-electron chi connectivity index (χ4n) is 4.87. The van der Waals surface area contributed by atoms with Gasteiger partial charge in [0.1, 0.15) is 0 Å². The minimum atomic E-state index is -0.905. The molecule has 0 spiro atoms. The van der Waals surface area contributed by atoms with Crippen molar-refractivity contribution in [3.8, 4) is 11.1 Å². The highest BCUT2D eigenvalue weighted by Gasteiger charge is 2.31. The van der Waals surface area contributed by atoms with E-state index >= 15 is 0 Å². The van der Waals surface area contributed by atoms with Crippen LogP contribution in [0, 0.1) is 5.92 Å². The standard InChI is InChI=1S/C32H33NO/c1-31(2,3)26-16-14-24(15-17-26)29-22-33(30-13-9-8-12-28(29)30)21-27-20-25(18-19-32(27,4)34)23-10-6-5-7-11-23/h5-20,22,27,34H,21H2,1-4H3. The molecule has 0 aliphatic heterocycles. The molecule has 0 saturated carbocycles. The Bertz CT molecular complexity index is 1360. The minimum absolute atomic E-state index is 0.0420. The smallest absolute Gasteiger partial charge is 0.0882 e. The Morgan fingerprint density at radius 2 is 1.53 bits per heavy atom. The molecule has 1 aromatic heterocycles. The third-order valence-corrected chi connectivity index (χ3v) is 7.08. The van der Waals surface area contributed by atoms with E-state index in [1.54, 1.807) is 0 Å². The lowest BCUT2D eigenvalue weighted by atomic mass is 9.81. The molecule has 0 bridgehead atoms. The molecule has 2 unspecified atom stereocenters. The molecule has 0 fully saturated rings. The number of para-hydroxylation sites is 1. The molecule has 0 saturated heterocycles. The molecule has 2 atom stereocenters. The largest absolute Gasteiger partial charge is 0.385 e. The number of hydrogen-bond donors (Lipinski definition) is 1. The molecule has 3 aromatic carbocycles. The Morgan fingerprint density at radius 1 is 0.853 bits per heavy atom. The highest BCUT2D eigenvalue weighted by atomic mass is 16.3. The maximum atomic E-state index is 11.2. The molecule has 1 N–H and O–H groups in total. The van der Waals surface area contributed by atoms with Crippen LogP contribution in [0.15, 0.2) is 103 Å². The topological polar surface area (TPSA) is 25.2 Å². The molecule has 2 heteroatoms. The molecule has 2 nitrogen and oxygen atoms in total. The molecule has 1 heterocycles. The van der Waals surface area contributed by atoms with Crippen LogP contribution in [-0.4, -0.2) is 15.3 Å². The lowest BCUT2D eigenvalue weighted by Crippen LogP contribution is -2.35. The van der Waals surface area contributed by atoms with E-state index in [1.165, 1.54) is 33.2 Å². The second-order valence-electron chi connectivity index (χ2n) is 10.7. The van der Waals surface area contributed by atoms with Crippen molar-refractivity contribution in [1.82, 2.24) is 4.57 Å². The first kappa shape index (κ1) is 22.4. The summed E-state index contributed by atoms with van der Waals surface area (Å²) in [5.41, 5.74) is 6.55. The number of benzene rings is 3. The zero-order chi connectivity index (χ0) is 23.9. The summed E-state index contributed by atoms with van der Waals surface area (Å²) in [6.07, 6.45) is 8.46. The first-order valence-electron chi connectivity index (χ1n) is 12.1. The van der Waals surface area contributed by atoms with Crippen LogP contribution in [0.2, 0.25) is 0 Å². The molecule has 5 rings (SSSR count). The van der Waals surface area contributed by atoms with Crippen molar-refractivity contribution in [2.75, 3.05) is 0 Å². The predicted molar refractivity (Wildman–Crippen MR) is 144 cm³/mol. The highest BCUT2D eigenvalue weighted by molar-refractivity contribution is 5.96. The van der Waals surface area contributed by atoms with Gasteiger partial charge in [-0.1, -0.05) is 112 Å². The predicted octanol–water partition coefficient (Wildman–Crippen LogP) is 7.63. The number of rotatable bonds is 4. The first-order valence-corrected chi connectivity index (χ1v) is 12.1. The van der Waals surface area contributed by atoms with E-state index in [9.17, 15) is 5.11 Å². The molecular formula is C32H33NO. The van der Waals surface area contributed by atoms with Gasteiger partial charge in [0.15, 0.2) is 0 Å². The van der Waals surface area contributed by atoms with Crippen molar-refractivity contribution in [3.05, 3.63) is 114 Å². The number of fused-ring (bicyclic) bond motifs is 1. The quantitative estimate of drug-likeness (QED) is 0.342. The Hall–Kier alpha value is -3.36. The van der Waals surface area contributed by atoms with Crippen LogP contribution in [0.3, 0.4) is 0 Å². The van der Waals surface area contributed by atoms with Gasteiger partial charge >= 0.3 is 0 Å². The third kappa shape index (κ3) is 4.26. The van der Waals surface area contributed by atoms with Crippen LogP contribution in [0.1, 0.15) is 38.8 Å². The summed E-state index contributed by atoms with van der Waals surface area (Å²) >= 11 is 0. The molecule has 1 aliphatic rings. The van der Waals surface area contributed by atoms with Gasteiger partial charge in [0.05, 0.1) is 5.60 Å². The monoisotopic (exact) mass is 447 g/mol. The molecule has 0 amide bonds. The van der Waals surface area contributed by atoms with Crippen LogP contribution in [0.4, 0.5) is 0 Å². The van der Waals surface area contributed by atoms with E-state index in [0.29, 0.717) is 6.54 Å². The van der Waals surface area contributed by atoms with Crippen LogP contribution >= 0.6 is 0 Å². The second kappa shape index (κ2) is 8.45. The summed E-state index contributed by atoms with van der Waals surface area (Å²) in [5, 5.41) is 12.5. The normalized spacial score (nSPS) is 20.5. The average Bonchev–Trinajstić information content (AvgIpc) is 3.19. The van der Waals surface area contributed by atoms with E-state index in [-0.39, 0.29) is 11.3 Å². The maximum absolute atomic E-state index is 11.2. The van der Waals surface area contributed by atoms with E-state index in [1.807, 2.05) is 25.1 Å². The second-order valence-corrected chi connectivity index (χ2v) is 10.7. The highest BCUT2D eigenvalue weighted by Crippen LogP contribution is 2.36. The van der Waals surface area contributed by atoms with Crippen molar-refractivity contribution in [3.63, 3.8) is 0 Å².